The summed E-state index contributed by atoms with van der Waals surface area (Å²) in [4.78, 5) is 0. The van der Waals surface area contributed by atoms with Crippen molar-refractivity contribution in [1.82, 2.24) is 0 Å². The molecule has 0 heterocycles. The molecular weight excluding hydrogens is 275 g/mol. The molecule has 17 heavy (non-hydrogen) atoms. The van der Waals surface area contributed by atoms with Crippen molar-refractivity contribution in [3.8, 4) is 0 Å². The van der Waals surface area contributed by atoms with E-state index in [-0.39, 0.29) is 5.38 Å². The highest BCUT2D eigenvalue weighted by molar-refractivity contribution is 6.50. The third kappa shape index (κ3) is 3.07. The summed E-state index contributed by atoms with van der Waals surface area (Å²) in [6.45, 7) is 2.06. The Balaban J connectivity index is 2.23. The van der Waals surface area contributed by atoms with Gasteiger partial charge in [-0.25, -0.2) is 0 Å². The lowest BCUT2D eigenvalue weighted by atomic mass is 9.96. The van der Waals surface area contributed by atoms with E-state index < -0.39 is 4.33 Å². The van der Waals surface area contributed by atoms with Crippen molar-refractivity contribution in [2.24, 2.45) is 0 Å². The first-order chi connectivity index (χ1) is 7.99. The van der Waals surface area contributed by atoms with Gasteiger partial charge in [0.15, 0.2) is 0 Å². The minimum atomic E-state index is -0.786. The monoisotopic (exact) mass is 286 g/mol. The number of benzene rings is 1. The van der Waals surface area contributed by atoms with E-state index in [1.54, 1.807) is 6.08 Å². The lowest BCUT2D eigenvalue weighted by Gasteiger charge is -2.21. The lowest BCUT2D eigenvalue weighted by Crippen LogP contribution is -2.11. The van der Waals surface area contributed by atoms with E-state index in [1.165, 1.54) is 5.56 Å². The number of rotatable bonds is 2. The zero-order chi connectivity index (χ0) is 12.5. The van der Waals surface area contributed by atoms with Gasteiger partial charge in [0.05, 0.1) is 5.38 Å². The largest absolute Gasteiger partial charge is 0.140 e. The second-order valence-electron chi connectivity index (χ2n) is 4.22. The van der Waals surface area contributed by atoms with Crippen molar-refractivity contribution in [3.63, 3.8) is 0 Å². The standard InChI is InChI=1S/C14H13Cl3/c1-10-4-2-3-5-12(10)13(15)11-6-8-14(16,17)9-7-11/h2-8,13H,9H2,1H3. The zero-order valence-electron chi connectivity index (χ0n) is 9.46. The summed E-state index contributed by atoms with van der Waals surface area (Å²) < 4.78 is -0.786. The molecule has 1 aliphatic rings. The number of hydrogen-bond acceptors (Lipinski definition) is 0. The third-order valence-electron chi connectivity index (χ3n) is 2.88. The third-order valence-corrected chi connectivity index (χ3v) is 3.93. The van der Waals surface area contributed by atoms with E-state index in [2.05, 4.69) is 13.0 Å². The van der Waals surface area contributed by atoms with E-state index in [0.717, 1.165) is 11.1 Å². The summed E-state index contributed by atoms with van der Waals surface area (Å²) in [5.74, 6) is 0. The average molecular weight is 288 g/mol. The van der Waals surface area contributed by atoms with Gasteiger partial charge < -0.3 is 0 Å². The predicted molar refractivity (Wildman–Crippen MR) is 76.1 cm³/mol. The van der Waals surface area contributed by atoms with E-state index >= 15 is 0 Å². The van der Waals surface area contributed by atoms with Crippen LogP contribution in [0.1, 0.15) is 22.9 Å². The van der Waals surface area contributed by atoms with Crippen LogP contribution in [-0.2, 0) is 0 Å². The Morgan fingerprint density at radius 2 is 1.94 bits per heavy atom. The molecule has 0 saturated carbocycles. The Morgan fingerprint density at radius 1 is 1.24 bits per heavy atom. The van der Waals surface area contributed by atoms with Crippen LogP contribution in [-0.4, -0.2) is 4.33 Å². The molecule has 0 aliphatic heterocycles. The van der Waals surface area contributed by atoms with Crippen molar-refractivity contribution >= 4 is 34.8 Å². The van der Waals surface area contributed by atoms with Gasteiger partial charge in [-0.05, 0) is 29.7 Å². The smallest absolute Gasteiger partial charge is 0.113 e. The topological polar surface area (TPSA) is 0 Å². The van der Waals surface area contributed by atoms with Gasteiger partial charge in [-0.1, -0.05) is 59.6 Å². The van der Waals surface area contributed by atoms with Crippen LogP contribution in [0.4, 0.5) is 0 Å². The lowest BCUT2D eigenvalue weighted by molar-refractivity contribution is 0.926. The summed E-state index contributed by atoms with van der Waals surface area (Å²) in [6.07, 6.45) is 6.30. The summed E-state index contributed by atoms with van der Waals surface area (Å²) >= 11 is 18.5. The van der Waals surface area contributed by atoms with Crippen molar-refractivity contribution in [3.05, 3.63) is 59.2 Å². The molecule has 0 fully saturated rings. The molecule has 1 aliphatic carbocycles. The van der Waals surface area contributed by atoms with Crippen LogP contribution in [0.3, 0.4) is 0 Å². The highest BCUT2D eigenvalue weighted by atomic mass is 35.5. The van der Waals surface area contributed by atoms with Crippen LogP contribution in [0.5, 0.6) is 0 Å². The predicted octanol–water partition coefficient (Wildman–Crippen LogP) is 5.34. The highest BCUT2D eigenvalue weighted by Crippen LogP contribution is 2.38. The van der Waals surface area contributed by atoms with Crippen LogP contribution < -0.4 is 0 Å². The van der Waals surface area contributed by atoms with E-state index in [1.807, 2.05) is 30.4 Å². The van der Waals surface area contributed by atoms with E-state index in [9.17, 15) is 0 Å². The van der Waals surface area contributed by atoms with Crippen LogP contribution in [0.15, 0.2) is 48.1 Å². The summed E-state index contributed by atoms with van der Waals surface area (Å²) in [6, 6.07) is 8.12. The second kappa shape index (κ2) is 5.06. The molecule has 0 N–H and O–H groups in total. The molecule has 0 saturated heterocycles. The van der Waals surface area contributed by atoms with Crippen LogP contribution in [0, 0.1) is 6.92 Å². The molecule has 0 nitrogen and oxygen atoms in total. The van der Waals surface area contributed by atoms with Gasteiger partial charge in [0.25, 0.3) is 0 Å². The Morgan fingerprint density at radius 3 is 2.53 bits per heavy atom. The minimum Gasteiger partial charge on any atom is -0.113 e. The Bertz CT molecular complexity index is 472. The SMILES string of the molecule is Cc1ccccc1C(Cl)C1=CCC(Cl)(Cl)C=C1. The fourth-order valence-electron chi connectivity index (χ4n) is 1.85. The molecule has 3 heteroatoms. The molecule has 1 unspecified atom stereocenters. The minimum absolute atomic E-state index is 0.142. The second-order valence-corrected chi connectivity index (χ2v) is 6.20. The molecule has 1 aromatic carbocycles. The maximum atomic E-state index is 6.48. The van der Waals surface area contributed by atoms with Gasteiger partial charge in [0.2, 0.25) is 0 Å². The van der Waals surface area contributed by atoms with E-state index in [4.69, 9.17) is 34.8 Å². The quantitative estimate of drug-likeness (QED) is 0.645. The van der Waals surface area contributed by atoms with Gasteiger partial charge in [0.1, 0.15) is 4.33 Å². The molecule has 90 valence electrons. The van der Waals surface area contributed by atoms with Gasteiger partial charge in [-0.3, -0.25) is 0 Å². The summed E-state index contributed by atoms with van der Waals surface area (Å²) in [7, 11) is 0. The normalized spacial score (nSPS) is 19.9. The van der Waals surface area contributed by atoms with Crippen molar-refractivity contribution < 1.29 is 0 Å². The number of allylic oxidation sites excluding steroid dienone is 4. The maximum Gasteiger partial charge on any atom is 0.140 e. The summed E-state index contributed by atoms with van der Waals surface area (Å²) in [5, 5.41) is -0.142. The summed E-state index contributed by atoms with van der Waals surface area (Å²) in [5.41, 5.74) is 3.37. The van der Waals surface area contributed by atoms with Crippen LogP contribution in [0.2, 0.25) is 0 Å². The molecule has 0 aromatic heterocycles. The molecule has 0 radical (unpaired) electrons. The number of alkyl halides is 3. The van der Waals surface area contributed by atoms with Gasteiger partial charge in [0, 0.05) is 6.42 Å². The van der Waals surface area contributed by atoms with Crippen molar-refractivity contribution in [2.45, 2.75) is 23.1 Å². The first kappa shape index (κ1) is 13.0. The van der Waals surface area contributed by atoms with Crippen molar-refractivity contribution in [1.29, 1.82) is 0 Å². The van der Waals surface area contributed by atoms with Gasteiger partial charge >= 0.3 is 0 Å². The number of aryl methyl sites for hydroxylation is 1. The van der Waals surface area contributed by atoms with Crippen LogP contribution >= 0.6 is 34.8 Å². The molecule has 0 spiro atoms. The fraction of sp³-hybridized carbons (Fsp3) is 0.286. The first-order valence-electron chi connectivity index (χ1n) is 5.46. The first-order valence-corrected chi connectivity index (χ1v) is 6.65. The highest BCUT2D eigenvalue weighted by Gasteiger charge is 2.24. The molecule has 2 rings (SSSR count). The molecule has 0 amide bonds. The van der Waals surface area contributed by atoms with Gasteiger partial charge in [-0.2, -0.15) is 0 Å². The molecule has 1 atom stereocenters. The van der Waals surface area contributed by atoms with E-state index in [0.29, 0.717) is 6.42 Å². The Hall–Kier alpha value is -0.430. The fourth-order valence-corrected chi connectivity index (χ4v) is 2.53. The Kier molecular flexibility index (Phi) is 3.87. The van der Waals surface area contributed by atoms with Gasteiger partial charge in [-0.15, -0.1) is 11.6 Å². The average Bonchev–Trinajstić information content (AvgIpc) is 2.29. The Labute approximate surface area is 117 Å². The molecule has 1 aromatic rings. The zero-order valence-corrected chi connectivity index (χ0v) is 11.7. The number of hydrogen-bond donors (Lipinski definition) is 0. The van der Waals surface area contributed by atoms with Crippen molar-refractivity contribution in [2.75, 3.05) is 0 Å². The molecule has 0 bridgehead atoms. The maximum absolute atomic E-state index is 6.48. The van der Waals surface area contributed by atoms with Crippen LogP contribution in [0.25, 0.3) is 0 Å². The number of halogens is 3. The molecular formula is C14H13Cl3.